The number of fused-ring (bicyclic) bond motifs is 5. The highest BCUT2D eigenvalue weighted by Crippen LogP contribution is 2.67. The number of carboxylic acids is 1. The summed E-state index contributed by atoms with van der Waals surface area (Å²) >= 11 is 0. The smallest absolute Gasteiger partial charge is 0.307 e. The number of terminal acetylenes is 1. The summed E-state index contributed by atoms with van der Waals surface area (Å²) in [7, 11) is 0. The quantitative estimate of drug-likeness (QED) is 0.400. The van der Waals surface area contributed by atoms with Crippen molar-refractivity contribution in [3.8, 4) is 12.8 Å². The van der Waals surface area contributed by atoms with E-state index >= 15 is 0 Å². The number of aliphatic hydroxyl groups excluding tert-OH is 1. The van der Waals surface area contributed by atoms with Crippen molar-refractivity contribution in [2.24, 2.45) is 40.4 Å². The Labute approximate surface area is 217 Å². The van der Waals surface area contributed by atoms with Gasteiger partial charge in [0.05, 0.1) is 12.0 Å². The first-order valence-corrected chi connectivity index (χ1v) is 12.9. The third-order valence-corrected chi connectivity index (χ3v) is 9.66. The number of allylic oxidation sites excluding steroid dienone is 4. The average Bonchev–Trinajstić information content (AvgIpc) is 3.13. The van der Waals surface area contributed by atoms with Gasteiger partial charge in [-0.3, -0.25) is 9.59 Å². The van der Waals surface area contributed by atoms with Crippen molar-refractivity contribution >= 4 is 11.8 Å². The highest BCUT2D eigenvalue weighted by atomic mass is 19.1. The van der Waals surface area contributed by atoms with Crippen molar-refractivity contribution in [1.29, 1.82) is 0 Å². The number of aliphatic carboxylic acids is 1. The van der Waals surface area contributed by atoms with Gasteiger partial charge in [-0.15, -0.1) is 12.8 Å². The second-order valence-corrected chi connectivity index (χ2v) is 11.6. The molecule has 198 valence electrons. The van der Waals surface area contributed by atoms with Crippen molar-refractivity contribution in [2.75, 3.05) is 6.54 Å². The first-order chi connectivity index (χ1) is 17.5. The summed E-state index contributed by atoms with van der Waals surface area (Å²) in [6.07, 6.45) is 15.2. The zero-order chi connectivity index (χ0) is 27.1. The lowest BCUT2D eigenvalue weighted by molar-refractivity contribution is -0.160. The molecule has 8 atom stereocenters. The number of hydrogen-bond acceptors (Lipinski definition) is 5. The van der Waals surface area contributed by atoms with Gasteiger partial charge in [-0.25, -0.2) is 4.39 Å². The van der Waals surface area contributed by atoms with Gasteiger partial charge in [0.1, 0.15) is 5.82 Å². The lowest BCUT2D eigenvalue weighted by Crippen LogP contribution is -2.56. The molecule has 4 aliphatic rings. The molecule has 1 aromatic rings. The highest BCUT2D eigenvalue weighted by molar-refractivity contribution is 6.01. The SMILES string of the molecule is C#C.C[C@]12C=CC(=O)C=C1CC[C@@H]1C2[C@@H](O)C[C@@]2(C)C1C[C@@H](CN(O)Cc1ccc(F)cc1)[C@@H]2C(=O)O. The van der Waals surface area contributed by atoms with E-state index in [0.29, 0.717) is 12.8 Å². The molecule has 37 heavy (non-hydrogen) atoms. The molecule has 3 saturated carbocycles. The monoisotopic (exact) mass is 509 g/mol. The minimum atomic E-state index is -0.883. The Morgan fingerprint density at radius 1 is 1.22 bits per heavy atom. The Bertz CT molecular complexity index is 1130. The van der Waals surface area contributed by atoms with Gasteiger partial charge in [0.15, 0.2) is 5.78 Å². The molecule has 0 aliphatic heterocycles. The third-order valence-electron chi connectivity index (χ3n) is 9.66. The van der Waals surface area contributed by atoms with Crippen LogP contribution in [0, 0.1) is 59.1 Å². The second-order valence-electron chi connectivity index (χ2n) is 11.6. The Morgan fingerprint density at radius 3 is 2.54 bits per heavy atom. The van der Waals surface area contributed by atoms with Crippen LogP contribution in [-0.2, 0) is 16.1 Å². The van der Waals surface area contributed by atoms with Crippen LogP contribution in [0.4, 0.5) is 4.39 Å². The molecule has 0 bridgehead atoms. The van der Waals surface area contributed by atoms with E-state index < -0.39 is 28.8 Å². The number of rotatable bonds is 5. The summed E-state index contributed by atoms with van der Waals surface area (Å²) < 4.78 is 13.2. The lowest BCUT2D eigenvalue weighted by atomic mass is 9.47. The van der Waals surface area contributed by atoms with E-state index in [-0.39, 0.29) is 48.4 Å². The van der Waals surface area contributed by atoms with Gasteiger partial charge in [0, 0.05) is 24.4 Å². The fraction of sp³-hybridized carbons (Fsp3) is 0.533. The van der Waals surface area contributed by atoms with Crippen molar-refractivity contribution in [1.82, 2.24) is 5.06 Å². The van der Waals surface area contributed by atoms with E-state index in [2.05, 4.69) is 19.8 Å². The molecule has 4 aliphatic carbocycles. The maximum atomic E-state index is 13.2. The van der Waals surface area contributed by atoms with Crippen LogP contribution in [0.15, 0.2) is 48.1 Å². The largest absolute Gasteiger partial charge is 0.481 e. The number of aliphatic hydroxyl groups is 1. The molecule has 1 aromatic carbocycles. The number of carbonyl (C=O) groups excluding carboxylic acids is 1. The van der Waals surface area contributed by atoms with Crippen molar-refractivity contribution in [2.45, 2.75) is 52.2 Å². The summed E-state index contributed by atoms with van der Waals surface area (Å²) in [5.74, 6) is -2.02. The molecule has 7 heteroatoms. The molecule has 0 heterocycles. The van der Waals surface area contributed by atoms with Crippen LogP contribution in [0.1, 0.15) is 45.1 Å². The third kappa shape index (κ3) is 4.67. The van der Waals surface area contributed by atoms with Gasteiger partial charge in [-0.1, -0.05) is 37.6 Å². The molecule has 0 aromatic heterocycles. The summed E-state index contributed by atoms with van der Waals surface area (Å²) in [5, 5.41) is 33.6. The van der Waals surface area contributed by atoms with Crippen LogP contribution in [0.3, 0.4) is 0 Å². The lowest BCUT2D eigenvalue weighted by Gasteiger charge is -2.58. The average molecular weight is 510 g/mol. The second kappa shape index (κ2) is 10.2. The highest BCUT2D eigenvalue weighted by Gasteiger charge is 2.65. The predicted octanol–water partition coefficient (Wildman–Crippen LogP) is 4.47. The Morgan fingerprint density at radius 2 is 1.89 bits per heavy atom. The Kier molecular flexibility index (Phi) is 7.49. The topological polar surface area (TPSA) is 98.1 Å². The molecule has 3 fully saturated rings. The maximum absolute atomic E-state index is 13.2. The first kappa shape index (κ1) is 27.3. The number of carbonyl (C=O) groups is 2. The van der Waals surface area contributed by atoms with E-state index in [1.807, 2.05) is 13.0 Å². The Balaban J connectivity index is 0.00000156. The number of carboxylic acid groups (broad SMARTS) is 1. The molecule has 2 unspecified atom stereocenters. The van der Waals surface area contributed by atoms with Gasteiger partial charge >= 0.3 is 5.97 Å². The molecule has 6 nitrogen and oxygen atoms in total. The minimum Gasteiger partial charge on any atom is -0.481 e. The molecular weight excluding hydrogens is 473 g/mol. The molecule has 0 amide bonds. The summed E-state index contributed by atoms with van der Waals surface area (Å²) in [6, 6.07) is 5.91. The number of benzene rings is 1. The molecule has 0 radical (unpaired) electrons. The number of halogens is 1. The molecule has 3 N–H and O–H groups in total. The van der Waals surface area contributed by atoms with Gasteiger partial charge < -0.3 is 15.4 Å². The van der Waals surface area contributed by atoms with Gasteiger partial charge in [0.25, 0.3) is 0 Å². The van der Waals surface area contributed by atoms with E-state index in [4.69, 9.17) is 0 Å². The van der Waals surface area contributed by atoms with Crippen LogP contribution in [-0.4, -0.2) is 44.9 Å². The fourth-order valence-corrected chi connectivity index (χ4v) is 8.31. The summed E-state index contributed by atoms with van der Waals surface area (Å²) in [5.41, 5.74) is 0.828. The van der Waals surface area contributed by atoms with Crippen molar-refractivity contribution in [3.63, 3.8) is 0 Å². The maximum Gasteiger partial charge on any atom is 0.307 e. The van der Waals surface area contributed by atoms with E-state index in [1.54, 1.807) is 24.3 Å². The molecule has 0 saturated heterocycles. The first-order valence-electron chi connectivity index (χ1n) is 12.9. The summed E-state index contributed by atoms with van der Waals surface area (Å²) in [6.45, 7) is 4.49. The Hall–Kier alpha value is -2.79. The standard InChI is InChI=1S/C28H34FNO5.C2H2/c1-27-10-9-20(31)12-18(27)5-8-21-22-11-17(15-30(35)14-16-3-6-19(29)7-4-16)24(26(33)34)28(22,2)13-23(32)25(21)27;1-2/h3-4,6-7,9-10,12,17,21-25,32,35H,5,8,11,13-15H2,1-2H3,(H,33,34);1-2H/t17-,21-,22?,23-,24+,25?,27-,28-;/m0./s1. The molecule has 0 spiro atoms. The van der Waals surface area contributed by atoms with Crippen molar-refractivity contribution in [3.05, 3.63) is 59.4 Å². The van der Waals surface area contributed by atoms with Gasteiger partial charge in [-0.2, -0.15) is 5.06 Å². The molecular formula is C30H36FNO5. The van der Waals surface area contributed by atoms with E-state index in [0.717, 1.165) is 29.0 Å². The van der Waals surface area contributed by atoms with Gasteiger partial charge in [0.2, 0.25) is 0 Å². The van der Waals surface area contributed by atoms with E-state index in [9.17, 15) is 29.4 Å². The number of ketones is 1. The van der Waals surface area contributed by atoms with Crippen LogP contribution in [0.5, 0.6) is 0 Å². The van der Waals surface area contributed by atoms with Crippen LogP contribution in [0.25, 0.3) is 0 Å². The number of hydrogen-bond donors (Lipinski definition) is 3. The number of hydroxylamine groups is 2. The zero-order valence-corrected chi connectivity index (χ0v) is 21.4. The summed E-state index contributed by atoms with van der Waals surface area (Å²) in [4.78, 5) is 24.6. The predicted molar refractivity (Wildman–Crippen MR) is 136 cm³/mol. The van der Waals surface area contributed by atoms with Gasteiger partial charge in [-0.05, 0) is 78.7 Å². The van der Waals surface area contributed by atoms with Crippen LogP contribution in [0.2, 0.25) is 0 Å². The minimum absolute atomic E-state index is 0.0119. The fourth-order valence-electron chi connectivity index (χ4n) is 8.31. The number of nitrogens with zero attached hydrogens (tertiary/aromatic N) is 1. The normalized spacial score (nSPS) is 38.1. The zero-order valence-electron chi connectivity index (χ0n) is 21.4. The van der Waals surface area contributed by atoms with Crippen LogP contribution >= 0.6 is 0 Å². The van der Waals surface area contributed by atoms with Crippen LogP contribution < -0.4 is 0 Å². The van der Waals surface area contributed by atoms with Crippen molar-refractivity contribution < 1.29 is 29.4 Å². The van der Waals surface area contributed by atoms with E-state index in [1.165, 1.54) is 12.1 Å². The molecule has 5 rings (SSSR count).